The fourth-order valence-electron chi connectivity index (χ4n) is 4.93. The van der Waals surface area contributed by atoms with E-state index in [1.807, 2.05) is 6.07 Å². The Kier molecular flexibility index (Phi) is 6.93. The highest BCUT2D eigenvalue weighted by Gasteiger charge is 2.18. The molecular formula is C27H34N4O2. The molecule has 5 rings (SSSR count). The summed E-state index contributed by atoms with van der Waals surface area (Å²) in [6.45, 7) is 6.22. The van der Waals surface area contributed by atoms with E-state index in [9.17, 15) is 5.11 Å². The van der Waals surface area contributed by atoms with E-state index in [0.717, 1.165) is 69.8 Å². The average molecular weight is 447 g/mol. The van der Waals surface area contributed by atoms with E-state index in [-0.39, 0.29) is 0 Å². The van der Waals surface area contributed by atoms with Crippen molar-refractivity contribution < 1.29 is 9.84 Å². The number of anilines is 2. The lowest BCUT2D eigenvalue weighted by molar-refractivity contribution is 0.188. The van der Waals surface area contributed by atoms with Crippen LogP contribution in [0.2, 0.25) is 0 Å². The Labute approximate surface area is 196 Å². The number of hydrogen-bond donors (Lipinski definition) is 2. The third kappa shape index (κ3) is 5.40. The van der Waals surface area contributed by atoms with E-state index in [0.29, 0.717) is 12.5 Å². The van der Waals surface area contributed by atoms with Crippen molar-refractivity contribution in [2.75, 3.05) is 49.5 Å². The molecule has 6 heteroatoms. The predicted molar refractivity (Wildman–Crippen MR) is 134 cm³/mol. The number of aromatic nitrogens is 1. The summed E-state index contributed by atoms with van der Waals surface area (Å²) in [5.74, 6) is 1.39. The molecule has 2 aliphatic heterocycles. The fourth-order valence-corrected chi connectivity index (χ4v) is 4.93. The second-order valence-corrected chi connectivity index (χ2v) is 9.09. The van der Waals surface area contributed by atoms with E-state index in [1.165, 1.54) is 22.9 Å². The second-order valence-electron chi connectivity index (χ2n) is 9.09. The summed E-state index contributed by atoms with van der Waals surface area (Å²) in [5.41, 5.74) is 2.51. The predicted octanol–water partition coefficient (Wildman–Crippen LogP) is 4.28. The molecule has 1 saturated heterocycles. The summed E-state index contributed by atoms with van der Waals surface area (Å²) < 4.78 is 5.88. The largest absolute Gasteiger partial charge is 0.478 e. The normalized spacial score (nSPS) is 19.1. The Balaban J connectivity index is 1.06. The van der Waals surface area contributed by atoms with Gasteiger partial charge in [0, 0.05) is 36.8 Å². The molecule has 0 radical (unpaired) electrons. The minimum atomic E-state index is -0.509. The van der Waals surface area contributed by atoms with Gasteiger partial charge in [0.05, 0.1) is 6.61 Å². The highest BCUT2D eigenvalue weighted by atomic mass is 16.5. The number of nitrogens with zero attached hydrogens (tertiary/aromatic N) is 3. The van der Waals surface area contributed by atoms with E-state index >= 15 is 0 Å². The number of pyridine rings is 1. The summed E-state index contributed by atoms with van der Waals surface area (Å²) in [4.78, 5) is 9.66. The molecule has 0 aliphatic carbocycles. The molecule has 2 aromatic carbocycles. The maximum Gasteiger partial charge on any atom is 0.215 e. The number of nitrogens with one attached hydrogen (secondary N) is 1. The minimum Gasteiger partial charge on any atom is -0.478 e. The van der Waals surface area contributed by atoms with Gasteiger partial charge in [0.2, 0.25) is 5.88 Å². The summed E-state index contributed by atoms with van der Waals surface area (Å²) in [6.07, 6.45) is 4.40. The van der Waals surface area contributed by atoms with Crippen molar-refractivity contribution in [1.82, 2.24) is 9.88 Å². The molecule has 0 spiro atoms. The number of rotatable bonds is 7. The van der Waals surface area contributed by atoms with Gasteiger partial charge < -0.3 is 25.0 Å². The molecule has 1 unspecified atom stereocenters. The molecule has 1 aromatic heterocycles. The molecule has 2 aliphatic rings. The van der Waals surface area contributed by atoms with Gasteiger partial charge in [0.15, 0.2) is 0 Å². The molecule has 0 saturated carbocycles. The number of aliphatic hydroxyl groups is 1. The van der Waals surface area contributed by atoms with E-state index < -0.39 is 6.23 Å². The molecule has 1 fully saturated rings. The SMILES string of the molecule is OC1CCc2ccc(OCCCCN3CCCN(c4cccc5ccccc45)CC3)nc2N1. The molecular weight excluding hydrogens is 412 g/mol. The number of ether oxygens (including phenoxy) is 1. The zero-order valence-electron chi connectivity index (χ0n) is 19.2. The van der Waals surface area contributed by atoms with Gasteiger partial charge in [-0.2, -0.15) is 4.98 Å². The van der Waals surface area contributed by atoms with Crippen molar-refractivity contribution in [3.8, 4) is 5.88 Å². The molecule has 1 atom stereocenters. The van der Waals surface area contributed by atoms with Gasteiger partial charge in [-0.25, -0.2) is 0 Å². The van der Waals surface area contributed by atoms with Crippen LogP contribution >= 0.6 is 0 Å². The van der Waals surface area contributed by atoms with E-state index in [2.05, 4.69) is 68.6 Å². The Hall–Kier alpha value is -2.83. The lowest BCUT2D eigenvalue weighted by Crippen LogP contribution is -2.31. The minimum absolute atomic E-state index is 0.509. The fraction of sp³-hybridized carbons (Fsp3) is 0.444. The van der Waals surface area contributed by atoms with Crippen LogP contribution in [0.4, 0.5) is 11.5 Å². The standard InChI is InChI=1S/C27H34N4O2/c32-25-13-11-22-12-14-26(29-27(22)28-25)33-20-4-3-15-30-16-6-17-31(19-18-30)24-10-5-8-21-7-1-2-9-23(21)24/h1-2,5,7-10,12,14,25,32H,3-4,6,11,13,15-20H2,(H,28,29). The van der Waals surface area contributed by atoms with Gasteiger partial charge in [-0.1, -0.05) is 36.4 Å². The smallest absolute Gasteiger partial charge is 0.215 e. The summed E-state index contributed by atoms with van der Waals surface area (Å²) in [6, 6.07) is 19.3. The Morgan fingerprint density at radius 3 is 2.85 bits per heavy atom. The number of aryl methyl sites for hydroxylation is 1. The topological polar surface area (TPSA) is 60.9 Å². The molecule has 6 nitrogen and oxygen atoms in total. The van der Waals surface area contributed by atoms with Crippen LogP contribution in [0.3, 0.4) is 0 Å². The zero-order chi connectivity index (χ0) is 22.5. The van der Waals surface area contributed by atoms with Crippen LogP contribution in [0.5, 0.6) is 5.88 Å². The third-order valence-corrected chi connectivity index (χ3v) is 6.76. The van der Waals surface area contributed by atoms with Crippen LogP contribution in [-0.2, 0) is 6.42 Å². The summed E-state index contributed by atoms with van der Waals surface area (Å²) >= 11 is 0. The van der Waals surface area contributed by atoms with Crippen molar-refractivity contribution in [2.24, 2.45) is 0 Å². The third-order valence-electron chi connectivity index (χ3n) is 6.76. The second kappa shape index (κ2) is 10.4. The first-order valence-corrected chi connectivity index (χ1v) is 12.3. The Morgan fingerprint density at radius 1 is 0.970 bits per heavy atom. The van der Waals surface area contributed by atoms with Gasteiger partial charge >= 0.3 is 0 Å². The van der Waals surface area contributed by atoms with Gasteiger partial charge in [-0.15, -0.1) is 0 Å². The highest BCUT2D eigenvalue weighted by Crippen LogP contribution is 2.28. The number of hydrogen-bond acceptors (Lipinski definition) is 6. The van der Waals surface area contributed by atoms with Crippen LogP contribution in [0.25, 0.3) is 10.8 Å². The molecule has 174 valence electrons. The van der Waals surface area contributed by atoms with Crippen LogP contribution in [0.1, 0.15) is 31.2 Å². The van der Waals surface area contributed by atoms with Gasteiger partial charge in [-0.05, 0) is 68.3 Å². The van der Waals surface area contributed by atoms with Crippen molar-refractivity contribution >= 4 is 22.3 Å². The molecule has 3 aromatic rings. The van der Waals surface area contributed by atoms with Gasteiger partial charge in [-0.3, -0.25) is 0 Å². The van der Waals surface area contributed by atoms with Crippen molar-refractivity contribution in [1.29, 1.82) is 0 Å². The first-order valence-electron chi connectivity index (χ1n) is 12.3. The molecule has 2 N–H and O–H groups in total. The first kappa shape index (κ1) is 22.0. The van der Waals surface area contributed by atoms with Crippen LogP contribution in [0, 0.1) is 0 Å². The maximum absolute atomic E-state index is 9.76. The van der Waals surface area contributed by atoms with Crippen molar-refractivity contribution in [2.45, 2.75) is 38.3 Å². The Morgan fingerprint density at radius 2 is 1.88 bits per heavy atom. The van der Waals surface area contributed by atoms with Crippen LogP contribution in [0.15, 0.2) is 54.6 Å². The van der Waals surface area contributed by atoms with Gasteiger partial charge in [0.25, 0.3) is 0 Å². The van der Waals surface area contributed by atoms with Crippen molar-refractivity contribution in [3.63, 3.8) is 0 Å². The first-order chi connectivity index (χ1) is 16.3. The number of aliphatic hydroxyl groups excluding tert-OH is 1. The monoisotopic (exact) mass is 446 g/mol. The highest BCUT2D eigenvalue weighted by molar-refractivity contribution is 5.94. The lowest BCUT2D eigenvalue weighted by Gasteiger charge is -2.25. The summed E-state index contributed by atoms with van der Waals surface area (Å²) in [7, 11) is 0. The van der Waals surface area contributed by atoms with Crippen LogP contribution < -0.4 is 15.0 Å². The van der Waals surface area contributed by atoms with E-state index in [4.69, 9.17) is 4.74 Å². The molecule has 0 bridgehead atoms. The molecule has 33 heavy (non-hydrogen) atoms. The zero-order valence-corrected chi connectivity index (χ0v) is 19.2. The molecule has 0 amide bonds. The van der Waals surface area contributed by atoms with Crippen LogP contribution in [-0.4, -0.2) is 60.5 Å². The number of fused-ring (bicyclic) bond motifs is 2. The Bertz CT molecular complexity index is 1070. The average Bonchev–Trinajstić information content (AvgIpc) is 3.09. The lowest BCUT2D eigenvalue weighted by atomic mass is 10.1. The molecule has 3 heterocycles. The quantitative estimate of drug-likeness (QED) is 0.528. The van der Waals surface area contributed by atoms with Gasteiger partial charge in [0.1, 0.15) is 12.0 Å². The van der Waals surface area contributed by atoms with E-state index in [1.54, 1.807) is 0 Å². The maximum atomic E-state index is 9.76. The number of benzene rings is 2. The summed E-state index contributed by atoms with van der Waals surface area (Å²) in [5, 5.41) is 15.5. The number of unbranched alkanes of at least 4 members (excludes halogenated alkanes) is 1. The van der Waals surface area contributed by atoms with Crippen molar-refractivity contribution in [3.05, 3.63) is 60.2 Å².